The van der Waals surface area contributed by atoms with Gasteiger partial charge in [-0.15, -0.1) is 0 Å². The number of carbonyl (C=O) groups is 1. The molecule has 2 heterocycles. The Bertz CT molecular complexity index is 1240. The van der Waals surface area contributed by atoms with Gasteiger partial charge in [0.25, 0.3) is 0 Å². The second-order valence-electron chi connectivity index (χ2n) is 15.8. The van der Waals surface area contributed by atoms with Crippen LogP contribution in [0.5, 0.6) is 0 Å². The number of amides is 1. The molecule has 0 radical (unpaired) electrons. The minimum atomic E-state index is -1.79. The summed E-state index contributed by atoms with van der Waals surface area (Å²) in [5.41, 5.74) is 0. The normalized spacial score (nSPS) is 28.8. The molecule has 14 nitrogen and oxygen atoms in total. The van der Waals surface area contributed by atoms with E-state index in [1.807, 2.05) is 6.08 Å². The minimum Gasteiger partial charge on any atom is -0.394 e. The average molecular weight is 854 g/mol. The number of hydrogen-bond acceptors (Lipinski definition) is 13. The first-order valence-electron chi connectivity index (χ1n) is 22.5. The molecule has 346 valence electrons. The number of aliphatic hydroxyl groups is 8. The third kappa shape index (κ3) is 21.2. The molecule has 1 amide bonds. The summed E-state index contributed by atoms with van der Waals surface area (Å²) in [5.74, 6) is -0.271. The third-order valence-electron chi connectivity index (χ3n) is 10.7. The molecule has 2 fully saturated rings. The number of hydrogen-bond donors (Lipinski definition) is 9. The molecule has 12 unspecified atom stereocenters. The lowest BCUT2D eigenvalue weighted by Gasteiger charge is -2.46. The summed E-state index contributed by atoms with van der Waals surface area (Å²) in [7, 11) is 0. The summed E-state index contributed by atoms with van der Waals surface area (Å²) in [6.45, 7) is 2.57. The number of unbranched alkanes of at least 4 members (excludes halogenated alkanes) is 11. The van der Waals surface area contributed by atoms with Gasteiger partial charge in [0.05, 0.1) is 32.0 Å². The topological polar surface area (TPSA) is 228 Å². The van der Waals surface area contributed by atoms with E-state index in [1.165, 1.54) is 25.7 Å². The molecule has 60 heavy (non-hydrogen) atoms. The van der Waals surface area contributed by atoms with Crippen molar-refractivity contribution in [3.63, 3.8) is 0 Å². The van der Waals surface area contributed by atoms with E-state index in [0.29, 0.717) is 12.8 Å². The summed E-state index contributed by atoms with van der Waals surface area (Å²) in [6.07, 6.45) is 21.6. The molecule has 0 bridgehead atoms. The van der Waals surface area contributed by atoms with Crippen molar-refractivity contribution in [2.75, 3.05) is 19.8 Å². The van der Waals surface area contributed by atoms with Crippen molar-refractivity contribution in [2.24, 2.45) is 0 Å². The predicted octanol–water partition coefficient (Wildman–Crippen LogP) is 4.32. The molecule has 0 saturated carbocycles. The quantitative estimate of drug-likeness (QED) is 0.0340. The highest BCUT2D eigenvalue weighted by Gasteiger charge is 2.50. The number of ether oxygens (including phenoxy) is 4. The Hall–Kier alpha value is -2.31. The van der Waals surface area contributed by atoms with E-state index >= 15 is 0 Å². The fourth-order valence-electron chi connectivity index (χ4n) is 6.91. The maximum absolute atomic E-state index is 13.1. The zero-order valence-corrected chi connectivity index (χ0v) is 36.2. The summed E-state index contributed by atoms with van der Waals surface area (Å²) >= 11 is 0. The highest BCUT2D eigenvalue weighted by Crippen LogP contribution is 2.30. The second-order valence-corrected chi connectivity index (χ2v) is 15.8. The van der Waals surface area contributed by atoms with Crippen LogP contribution in [0.4, 0.5) is 0 Å². The standard InChI is InChI=1S/C46H79NO13/c1-3-5-7-9-11-12-13-14-15-16-17-18-19-20-21-22-24-26-28-30-38(51)47-34(35(50)29-27-25-23-10-8-6-4-2)33-57-45-43(56)41(54)44(37(32-49)59-45)60-46-42(55)40(53)39(52)36(31-48)58-46/h8,10-12,14-15,17-18,27,29,34-37,39-46,48-50,52-56H,3-7,9,13,16,19-26,28,30-33H2,1-2H3,(H,47,51)/b10-8+,12-11-,15-14-,18-17-,29-27+. The minimum absolute atomic E-state index is 0.255. The molecule has 0 aliphatic carbocycles. The lowest BCUT2D eigenvalue weighted by atomic mass is 9.97. The van der Waals surface area contributed by atoms with Crippen LogP contribution < -0.4 is 5.32 Å². The molecule has 0 aromatic rings. The molecular weight excluding hydrogens is 774 g/mol. The Morgan fingerprint density at radius 1 is 0.600 bits per heavy atom. The van der Waals surface area contributed by atoms with Crippen LogP contribution in [-0.2, 0) is 23.7 Å². The Morgan fingerprint density at radius 3 is 1.80 bits per heavy atom. The van der Waals surface area contributed by atoms with Crippen LogP contribution in [0.25, 0.3) is 0 Å². The van der Waals surface area contributed by atoms with E-state index < -0.39 is 86.8 Å². The molecule has 0 aromatic carbocycles. The van der Waals surface area contributed by atoms with E-state index in [-0.39, 0.29) is 18.9 Å². The molecule has 0 spiro atoms. The number of aliphatic hydroxyl groups excluding tert-OH is 8. The van der Waals surface area contributed by atoms with Crippen molar-refractivity contribution < 1.29 is 64.6 Å². The summed E-state index contributed by atoms with van der Waals surface area (Å²) < 4.78 is 22.5. The molecule has 2 rings (SSSR count). The zero-order chi connectivity index (χ0) is 44.0. The molecule has 12 atom stereocenters. The first kappa shape index (κ1) is 53.8. The molecule has 2 saturated heterocycles. The van der Waals surface area contributed by atoms with Gasteiger partial charge >= 0.3 is 0 Å². The van der Waals surface area contributed by atoms with E-state index in [4.69, 9.17) is 18.9 Å². The van der Waals surface area contributed by atoms with E-state index in [2.05, 4.69) is 67.8 Å². The lowest BCUT2D eigenvalue weighted by Crippen LogP contribution is -2.65. The maximum Gasteiger partial charge on any atom is 0.220 e. The highest BCUT2D eigenvalue weighted by atomic mass is 16.7. The predicted molar refractivity (Wildman–Crippen MR) is 230 cm³/mol. The van der Waals surface area contributed by atoms with Crippen LogP contribution in [0.3, 0.4) is 0 Å². The van der Waals surface area contributed by atoms with Gasteiger partial charge in [0.2, 0.25) is 5.91 Å². The number of nitrogens with one attached hydrogen (secondary N) is 1. The third-order valence-corrected chi connectivity index (χ3v) is 10.7. The van der Waals surface area contributed by atoms with Crippen molar-refractivity contribution in [1.29, 1.82) is 0 Å². The summed E-state index contributed by atoms with van der Waals surface area (Å²) in [4.78, 5) is 13.1. The van der Waals surface area contributed by atoms with Gasteiger partial charge in [-0.05, 0) is 64.2 Å². The fourth-order valence-corrected chi connectivity index (χ4v) is 6.91. The van der Waals surface area contributed by atoms with Gasteiger partial charge in [0.1, 0.15) is 48.8 Å². The second kappa shape index (κ2) is 33.3. The van der Waals surface area contributed by atoms with E-state index in [9.17, 15) is 45.6 Å². The monoisotopic (exact) mass is 854 g/mol. The van der Waals surface area contributed by atoms with Crippen LogP contribution in [-0.4, -0.2) is 140 Å². The zero-order valence-electron chi connectivity index (χ0n) is 36.2. The molecule has 2 aliphatic heterocycles. The van der Waals surface area contributed by atoms with Crippen LogP contribution in [0, 0.1) is 0 Å². The molecule has 14 heteroatoms. The van der Waals surface area contributed by atoms with E-state index in [0.717, 1.165) is 70.6 Å². The Labute approximate surface area is 358 Å². The SMILES string of the molecule is CCC/C=C/CC/C=C/C(O)C(COC1OC(CO)C(OC2OC(CO)C(O)C(O)C2O)C(O)C1O)NC(=O)CCCCCCCC/C=C\C/C=C\C/C=C\CCCCC. The first-order valence-corrected chi connectivity index (χ1v) is 22.5. The van der Waals surface area contributed by atoms with Crippen LogP contribution in [0.2, 0.25) is 0 Å². The average Bonchev–Trinajstić information content (AvgIpc) is 3.24. The summed E-state index contributed by atoms with van der Waals surface area (Å²) in [5, 5.41) is 86.1. The number of carbonyl (C=O) groups excluding carboxylic acids is 1. The summed E-state index contributed by atoms with van der Waals surface area (Å²) in [6, 6.07) is -0.936. The highest BCUT2D eigenvalue weighted by molar-refractivity contribution is 5.76. The van der Waals surface area contributed by atoms with Gasteiger partial charge in [-0.3, -0.25) is 4.79 Å². The Balaban J connectivity index is 1.83. The Morgan fingerprint density at radius 2 is 1.15 bits per heavy atom. The van der Waals surface area contributed by atoms with Crippen LogP contribution in [0.15, 0.2) is 60.8 Å². The number of allylic oxidation sites excluding steroid dienone is 9. The molecule has 0 aromatic heterocycles. The van der Waals surface area contributed by atoms with Crippen molar-refractivity contribution in [2.45, 2.75) is 203 Å². The lowest BCUT2D eigenvalue weighted by molar-refractivity contribution is -0.359. The largest absolute Gasteiger partial charge is 0.394 e. The maximum atomic E-state index is 13.1. The van der Waals surface area contributed by atoms with Gasteiger partial charge < -0.3 is 65.1 Å². The number of rotatable bonds is 32. The molecule has 2 aliphatic rings. The van der Waals surface area contributed by atoms with Gasteiger partial charge in [-0.1, -0.05) is 120 Å². The fraction of sp³-hybridized carbons (Fsp3) is 0.761. The van der Waals surface area contributed by atoms with E-state index in [1.54, 1.807) is 6.08 Å². The first-order chi connectivity index (χ1) is 29.1. The molecular formula is C46H79NO13. The van der Waals surface area contributed by atoms with Crippen molar-refractivity contribution in [3.05, 3.63) is 60.8 Å². The van der Waals surface area contributed by atoms with Gasteiger partial charge in [0.15, 0.2) is 12.6 Å². The van der Waals surface area contributed by atoms with Crippen molar-refractivity contribution in [3.8, 4) is 0 Å². The smallest absolute Gasteiger partial charge is 0.220 e. The van der Waals surface area contributed by atoms with Gasteiger partial charge in [0, 0.05) is 6.42 Å². The van der Waals surface area contributed by atoms with Crippen molar-refractivity contribution >= 4 is 5.91 Å². The molecule has 9 N–H and O–H groups in total. The van der Waals surface area contributed by atoms with Gasteiger partial charge in [-0.2, -0.15) is 0 Å². The van der Waals surface area contributed by atoms with Gasteiger partial charge in [-0.25, -0.2) is 0 Å². The Kier molecular flexibility index (Phi) is 29.9. The van der Waals surface area contributed by atoms with Crippen LogP contribution >= 0.6 is 0 Å². The van der Waals surface area contributed by atoms with Crippen LogP contribution in [0.1, 0.15) is 129 Å². The van der Waals surface area contributed by atoms with Crippen molar-refractivity contribution in [1.82, 2.24) is 5.32 Å².